The van der Waals surface area contributed by atoms with E-state index < -0.39 is 0 Å². The van der Waals surface area contributed by atoms with Gasteiger partial charge < -0.3 is 10.0 Å². The summed E-state index contributed by atoms with van der Waals surface area (Å²) < 4.78 is 0. The lowest BCUT2D eigenvalue weighted by molar-refractivity contribution is 0.145. The summed E-state index contributed by atoms with van der Waals surface area (Å²) in [5.41, 5.74) is 7.30. The maximum Gasteiger partial charge on any atom is 0.203 e. The van der Waals surface area contributed by atoms with Crippen LogP contribution in [0.15, 0.2) is 65.1 Å². The van der Waals surface area contributed by atoms with Crippen molar-refractivity contribution in [1.82, 2.24) is 4.98 Å². The molecule has 1 aliphatic heterocycles. The highest BCUT2D eigenvalue weighted by Gasteiger charge is 2.18. The topological polar surface area (TPSA) is 60.8 Å². The average molecular weight is 379 g/mol. The zero-order chi connectivity index (χ0) is 18.5. The number of nitrogens with one attached hydrogen (secondary N) is 1. The molecule has 1 aliphatic rings. The monoisotopic (exact) mass is 378 g/mol. The van der Waals surface area contributed by atoms with Crippen LogP contribution in [0.4, 0.5) is 10.8 Å². The van der Waals surface area contributed by atoms with E-state index in [0.717, 1.165) is 53.6 Å². The van der Waals surface area contributed by atoms with E-state index in [0.29, 0.717) is 0 Å². The van der Waals surface area contributed by atoms with Crippen LogP contribution in [0.2, 0.25) is 0 Å². The van der Waals surface area contributed by atoms with Crippen LogP contribution in [-0.4, -0.2) is 35.5 Å². The van der Waals surface area contributed by atoms with E-state index in [1.54, 1.807) is 0 Å². The number of benzene rings is 2. The molecule has 1 saturated heterocycles. The first kappa shape index (κ1) is 17.7. The Kier molecular flexibility index (Phi) is 5.46. The summed E-state index contributed by atoms with van der Waals surface area (Å²) in [4.78, 5) is 6.90. The number of aliphatic hydroxyl groups is 1. The van der Waals surface area contributed by atoms with Gasteiger partial charge in [0.25, 0.3) is 0 Å². The summed E-state index contributed by atoms with van der Waals surface area (Å²) >= 11 is 1.54. The molecule has 0 atom stereocenters. The van der Waals surface area contributed by atoms with Gasteiger partial charge in [0.1, 0.15) is 0 Å². The number of thiazole rings is 1. The van der Waals surface area contributed by atoms with Gasteiger partial charge >= 0.3 is 0 Å². The van der Waals surface area contributed by atoms with Crippen molar-refractivity contribution in [3.05, 3.63) is 65.5 Å². The Morgan fingerprint density at radius 3 is 2.63 bits per heavy atom. The minimum absolute atomic E-state index is 0.174. The number of aliphatic hydroxyl groups excluding tert-OH is 1. The lowest BCUT2D eigenvalue weighted by atomic mass is 10.1. The Hall–Kier alpha value is -2.70. The number of rotatable bonds is 5. The number of aromatic nitrogens is 1. The van der Waals surface area contributed by atoms with Gasteiger partial charge in [-0.15, -0.1) is 11.3 Å². The maximum absolute atomic E-state index is 9.73. The molecule has 0 aliphatic carbocycles. The van der Waals surface area contributed by atoms with Crippen molar-refractivity contribution in [2.24, 2.45) is 5.10 Å². The summed E-state index contributed by atoms with van der Waals surface area (Å²) in [5.74, 6) is 0. The van der Waals surface area contributed by atoms with E-state index in [9.17, 15) is 5.11 Å². The van der Waals surface area contributed by atoms with E-state index in [1.807, 2.05) is 54.1 Å². The smallest absolute Gasteiger partial charge is 0.203 e. The van der Waals surface area contributed by atoms with Crippen molar-refractivity contribution in [3.8, 4) is 11.3 Å². The number of hydrazone groups is 1. The van der Waals surface area contributed by atoms with Crippen LogP contribution in [0, 0.1) is 0 Å². The molecule has 1 aromatic heterocycles. The molecule has 2 N–H and O–H groups in total. The van der Waals surface area contributed by atoms with E-state index >= 15 is 0 Å². The number of piperidine rings is 1. The van der Waals surface area contributed by atoms with Gasteiger partial charge in [-0.05, 0) is 18.9 Å². The molecular formula is C21H22N4OS. The van der Waals surface area contributed by atoms with E-state index in [2.05, 4.69) is 32.5 Å². The molecule has 0 saturated carbocycles. The van der Waals surface area contributed by atoms with Crippen LogP contribution in [0.3, 0.4) is 0 Å². The molecule has 1 fully saturated rings. The standard InChI is InChI=1S/C21H22N4OS/c26-18-10-12-25(13-11-18)20-9-5-4-8-17(20)14-22-24-21-23-19(15-27-21)16-6-2-1-3-7-16/h1-9,14-15,18,26H,10-13H2,(H,23,24). The predicted octanol–water partition coefficient (Wildman–Crippen LogP) is 4.22. The van der Waals surface area contributed by atoms with Gasteiger partial charge in [-0.25, -0.2) is 4.98 Å². The molecule has 0 unspecified atom stereocenters. The van der Waals surface area contributed by atoms with Gasteiger partial charge in [0.15, 0.2) is 0 Å². The van der Waals surface area contributed by atoms with Crippen molar-refractivity contribution in [2.75, 3.05) is 23.4 Å². The SMILES string of the molecule is OC1CCN(c2ccccc2C=NNc2nc(-c3ccccc3)cs2)CC1. The second-order valence-electron chi connectivity index (χ2n) is 6.55. The van der Waals surface area contributed by atoms with Crippen LogP contribution < -0.4 is 10.3 Å². The van der Waals surface area contributed by atoms with Crippen LogP contribution in [0.25, 0.3) is 11.3 Å². The summed E-state index contributed by atoms with van der Waals surface area (Å²) in [6.07, 6.45) is 3.28. The van der Waals surface area contributed by atoms with Gasteiger partial charge in [0.2, 0.25) is 5.13 Å². The normalized spacial score (nSPS) is 15.4. The maximum atomic E-state index is 9.73. The summed E-state index contributed by atoms with van der Waals surface area (Å²) in [6.45, 7) is 1.73. The fraction of sp³-hybridized carbons (Fsp3) is 0.238. The molecule has 4 rings (SSSR count). The Morgan fingerprint density at radius 1 is 1.07 bits per heavy atom. The first-order chi connectivity index (χ1) is 13.3. The zero-order valence-electron chi connectivity index (χ0n) is 15.0. The number of anilines is 2. The third-order valence-electron chi connectivity index (χ3n) is 4.68. The van der Waals surface area contributed by atoms with Gasteiger partial charge in [0, 0.05) is 35.3 Å². The predicted molar refractivity (Wildman–Crippen MR) is 113 cm³/mol. The Balaban J connectivity index is 1.44. The minimum atomic E-state index is -0.174. The molecule has 138 valence electrons. The van der Waals surface area contributed by atoms with Crippen LogP contribution in [-0.2, 0) is 0 Å². The molecule has 2 heterocycles. The largest absolute Gasteiger partial charge is 0.393 e. The van der Waals surface area contributed by atoms with E-state index in [1.165, 1.54) is 11.3 Å². The zero-order valence-corrected chi connectivity index (χ0v) is 15.8. The summed E-state index contributed by atoms with van der Waals surface area (Å²) in [6, 6.07) is 18.3. The molecular weight excluding hydrogens is 356 g/mol. The van der Waals surface area contributed by atoms with Gasteiger partial charge in [0.05, 0.1) is 18.0 Å². The first-order valence-electron chi connectivity index (χ1n) is 9.11. The van der Waals surface area contributed by atoms with Crippen molar-refractivity contribution < 1.29 is 5.11 Å². The van der Waals surface area contributed by atoms with Crippen molar-refractivity contribution in [3.63, 3.8) is 0 Å². The van der Waals surface area contributed by atoms with Crippen molar-refractivity contribution in [1.29, 1.82) is 0 Å². The highest BCUT2D eigenvalue weighted by molar-refractivity contribution is 7.14. The van der Waals surface area contributed by atoms with Crippen LogP contribution in [0.5, 0.6) is 0 Å². The Morgan fingerprint density at radius 2 is 1.81 bits per heavy atom. The lowest BCUT2D eigenvalue weighted by Gasteiger charge is -2.32. The molecule has 27 heavy (non-hydrogen) atoms. The molecule has 0 spiro atoms. The van der Waals surface area contributed by atoms with Crippen LogP contribution >= 0.6 is 11.3 Å². The lowest BCUT2D eigenvalue weighted by Crippen LogP contribution is -2.36. The second kappa shape index (κ2) is 8.33. The number of para-hydroxylation sites is 1. The molecule has 0 radical (unpaired) electrons. The van der Waals surface area contributed by atoms with Crippen LogP contribution in [0.1, 0.15) is 18.4 Å². The minimum Gasteiger partial charge on any atom is -0.393 e. The molecule has 2 aromatic carbocycles. The Bertz CT molecular complexity index is 901. The number of hydrogen-bond donors (Lipinski definition) is 2. The van der Waals surface area contributed by atoms with E-state index in [4.69, 9.17) is 0 Å². The fourth-order valence-corrected chi connectivity index (χ4v) is 3.88. The molecule has 3 aromatic rings. The highest BCUT2D eigenvalue weighted by atomic mass is 32.1. The highest BCUT2D eigenvalue weighted by Crippen LogP contribution is 2.25. The molecule has 0 amide bonds. The molecule has 5 nitrogen and oxygen atoms in total. The molecule has 0 bridgehead atoms. The Labute approximate surface area is 163 Å². The number of nitrogens with zero attached hydrogens (tertiary/aromatic N) is 3. The third-order valence-corrected chi connectivity index (χ3v) is 5.43. The summed E-state index contributed by atoms with van der Waals surface area (Å²) in [7, 11) is 0. The van der Waals surface area contributed by atoms with Gasteiger partial charge in [-0.1, -0.05) is 48.5 Å². The summed E-state index contributed by atoms with van der Waals surface area (Å²) in [5, 5.41) is 16.9. The van der Waals surface area contributed by atoms with Gasteiger partial charge in [-0.3, -0.25) is 5.43 Å². The second-order valence-corrected chi connectivity index (χ2v) is 7.41. The fourth-order valence-electron chi connectivity index (χ4n) is 3.22. The van der Waals surface area contributed by atoms with Crippen molar-refractivity contribution >= 4 is 28.4 Å². The third kappa shape index (κ3) is 4.35. The molecule has 6 heteroatoms. The van der Waals surface area contributed by atoms with Crippen molar-refractivity contribution in [2.45, 2.75) is 18.9 Å². The van der Waals surface area contributed by atoms with E-state index in [-0.39, 0.29) is 6.10 Å². The number of hydrogen-bond acceptors (Lipinski definition) is 6. The quantitative estimate of drug-likeness (QED) is 0.516. The average Bonchev–Trinajstić information content (AvgIpc) is 3.19. The first-order valence-corrected chi connectivity index (χ1v) is 9.99. The van der Waals surface area contributed by atoms with Gasteiger partial charge in [-0.2, -0.15) is 5.10 Å².